The van der Waals surface area contributed by atoms with Crippen molar-refractivity contribution in [2.24, 2.45) is 0 Å². The lowest BCUT2D eigenvalue weighted by Gasteiger charge is -1.85. The Balaban J connectivity index is 2.75. The maximum Gasteiger partial charge on any atom is 0.361 e. The van der Waals surface area contributed by atoms with Crippen LogP contribution in [0.5, 0.6) is 0 Å². The molecule has 1 N–H and O–H groups in total. The average Bonchev–Trinajstić information content (AvgIpc) is 2.31. The van der Waals surface area contributed by atoms with Crippen LogP contribution in [0.4, 0.5) is 0 Å². The summed E-state index contributed by atoms with van der Waals surface area (Å²) in [7, 11) is 0. The van der Waals surface area contributed by atoms with E-state index in [1.807, 2.05) is 0 Å². The van der Waals surface area contributed by atoms with E-state index in [0.717, 1.165) is 4.68 Å². The minimum Gasteiger partial charge on any atom is -0.245 e. The fraction of sp³-hybridized carbons (Fsp3) is 0.250. The topological polar surface area (TPSA) is 63.6 Å². The highest BCUT2D eigenvalue weighted by molar-refractivity contribution is 6.25. The summed E-state index contributed by atoms with van der Waals surface area (Å²) in [5.74, 6) is 0. The standard InChI is InChI=1S/C4H5ClN4O/c5-2-1-3-9-4(10)6-7-8-9/h1-2H,3H2,(H,6,8,10)/b2-1+. The van der Waals surface area contributed by atoms with Gasteiger partial charge in [-0.15, -0.1) is 0 Å². The number of aromatic nitrogens is 4. The molecule has 0 aliphatic carbocycles. The Morgan fingerprint density at radius 1 is 1.80 bits per heavy atom. The van der Waals surface area contributed by atoms with E-state index >= 15 is 0 Å². The fourth-order valence-electron chi connectivity index (χ4n) is 0.477. The number of rotatable bonds is 2. The summed E-state index contributed by atoms with van der Waals surface area (Å²) in [6.07, 6.45) is 1.59. The molecule has 0 bridgehead atoms. The van der Waals surface area contributed by atoms with Crippen LogP contribution in [0.3, 0.4) is 0 Å². The van der Waals surface area contributed by atoms with Gasteiger partial charge < -0.3 is 0 Å². The quantitative estimate of drug-likeness (QED) is 0.647. The van der Waals surface area contributed by atoms with Crippen molar-refractivity contribution in [2.45, 2.75) is 6.54 Å². The van der Waals surface area contributed by atoms with E-state index in [2.05, 4.69) is 15.5 Å². The first-order valence-electron chi connectivity index (χ1n) is 2.58. The number of H-pyrrole nitrogens is 1. The second-order valence-corrected chi connectivity index (χ2v) is 1.80. The van der Waals surface area contributed by atoms with Crippen molar-refractivity contribution < 1.29 is 0 Å². The SMILES string of the molecule is O=c1[nH]nnn1C/C=C/Cl. The molecule has 0 atom stereocenters. The first kappa shape index (κ1) is 7.01. The van der Waals surface area contributed by atoms with E-state index in [1.54, 1.807) is 6.08 Å². The van der Waals surface area contributed by atoms with Crippen LogP contribution in [0.1, 0.15) is 0 Å². The number of nitrogens with zero attached hydrogens (tertiary/aromatic N) is 3. The molecule has 0 fully saturated rings. The van der Waals surface area contributed by atoms with E-state index in [4.69, 9.17) is 11.6 Å². The first-order valence-corrected chi connectivity index (χ1v) is 3.01. The Bertz CT molecular complexity index is 275. The van der Waals surface area contributed by atoms with Crippen LogP contribution < -0.4 is 5.69 Å². The Kier molecular flexibility index (Phi) is 2.22. The zero-order chi connectivity index (χ0) is 7.40. The Labute approximate surface area is 61.3 Å². The lowest BCUT2D eigenvalue weighted by atomic mass is 10.6. The van der Waals surface area contributed by atoms with Gasteiger partial charge in [0.15, 0.2) is 0 Å². The molecular weight excluding hydrogens is 156 g/mol. The number of aromatic amines is 1. The van der Waals surface area contributed by atoms with Gasteiger partial charge in [-0.2, -0.15) is 4.68 Å². The van der Waals surface area contributed by atoms with Crippen LogP contribution >= 0.6 is 11.6 Å². The molecule has 0 aromatic carbocycles. The predicted octanol–water partition coefficient (Wildman–Crippen LogP) is -0.281. The normalized spacial score (nSPS) is 10.9. The number of hydrogen-bond donors (Lipinski definition) is 1. The number of allylic oxidation sites excluding steroid dienone is 1. The van der Waals surface area contributed by atoms with Crippen molar-refractivity contribution in [1.29, 1.82) is 0 Å². The molecule has 6 heteroatoms. The van der Waals surface area contributed by atoms with Gasteiger partial charge in [0.1, 0.15) is 0 Å². The molecule has 0 radical (unpaired) electrons. The first-order chi connectivity index (χ1) is 4.84. The Hall–Kier alpha value is -1.10. The molecule has 0 spiro atoms. The summed E-state index contributed by atoms with van der Waals surface area (Å²) in [5.41, 5.74) is 0.982. The zero-order valence-electron chi connectivity index (χ0n) is 4.99. The van der Waals surface area contributed by atoms with Crippen LogP contribution in [0, 0.1) is 0 Å². The number of hydrogen-bond acceptors (Lipinski definition) is 3. The maximum atomic E-state index is 10.6. The third-order valence-corrected chi connectivity index (χ3v) is 1.08. The van der Waals surface area contributed by atoms with Crippen molar-refractivity contribution in [2.75, 3.05) is 0 Å². The monoisotopic (exact) mass is 160 g/mol. The molecule has 0 saturated carbocycles. The van der Waals surface area contributed by atoms with Gasteiger partial charge in [0.25, 0.3) is 0 Å². The maximum absolute atomic E-state index is 10.6. The third-order valence-electron chi connectivity index (χ3n) is 0.900. The number of nitrogens with one attached hydrogen (secondary N) is 1. The van der Waals surface area contributed by atoms with E-state index in [1.165, 1.54) is 5.54 Å². The van der Waals surface area contributed by atoms with Crippen molar-refractivity contribution >= 4 is 11.6 Å². The second kappa shape index (κ2) is 3.17. The molecular formula is C4H5ClN4O. The molecule has 0 saturated heterocycles. The number of halogens is 1. The molecule has 1 heterocycles. The van der Waals surface area contributed by atoms with Crippen LogP contribution in [0.15, 0.2) is 16.4 Å². The Morgan fingerprint density at radius 2 is 2.60 bits per heavy atom. The Morgan fingerprint density at radius 3 is 3.10 bits per heavy atom. The van der Waals surface area contributed by atoms with Crippen molar-refractivity contribution in [3.05, 3.63) is 22.1 Å². The van der Waals surface area contributed by atoms with Gasteiger partial charge in [-0.05, 0) is 10.4 Å². The summed E-state index contributed by atoms with van der Waals surface area (Å²) in [6.45, 7) is 0.346. The highest BCUT2D eigenvalue weighted by Gasteiger charge is 1.92. The molecule has 1 aromatic rings. The largest absolute Gasteiger partial charge is 0.361 e. The summed E-state index contributed by atoms with van der Waals surface area (Å²) in [4.78, 5) is 10.6. The molecule has 54 valence electrons. The molecule has 0 unspecified atom stereocenters. The van der Waals surface area contributed by atoms with Crippen molar-refractivity contribution in [1.82, 2.24) is 20.2 Å². The summed E-state index contributed by atoms with van der Waals surface area (Å²) >= 11 is 5.22. The van der Waals surface area contributed by atoms with Gasteiger partial charge >= 0.3 is 5.69 Å². The minimum absolute atomic E-state index is 0.338. The highest BCUT2D eigenvalue weighted by Crippen LogP contribution is 1.79. The minimum atomic E-state index is -0.338. The van der Waals surface area contributed by atoms with Gasteiger partial charge in [-0.1, -0.05) is 17.7 Å². The second-order valence-electron chi connectivity index (χ2n) is 1.55. The van der Waals surface area contributed by atoms with Crippen LogP contribution in [-0.4, -0.2) is 20.2 Å². The summed E-state index contributed by atoms with van der Waals surface area (Å²) < 4.78 is 1.15. The van der Waals surface area contributed by atoms with Gasteiger partial charge in [0.05, 0.1) is 6.54 Å². The average molecular weight is 161 g/mol. The van der Waals surface area contributed by atoms with Crippen molar-refractivity contribution in [3.63, 3.8) is 0 Å². The fourth-order valence-corrected chi connectivity index (χ4v) is 0.556. The van der Waals surface area contributed by atoms with Gasteiger partial charge in [0.2, 0.25) is 0 Å². The molecule has 5 nitrogen and oxygen atoms in total. The van der Waals surface area contributed by atoms with E-state index < -0.39 is 0 Å². The van der Waals surface area contributed by atoms with Crippen LogP contribution in [0.25, 0.3) is 0 Å². The molecule has 1 rings (SSSR count). The van der Waals surface area contributed by atoms with Crippen molar-refractivity contribution in [3.8, 4) is 0 Å². The smallest absolute Gasteiger partial charge is 0.245 e. The van der Waals surface area contributed by atoms with E-state index in [-0.39, 0.29) is 5.69 Å². The third kappa shape index (κ3) is 1.44. The number of tetrazole rings is 1. The summed E-state index contributed by atoms with van der Waals surface area (Å²) in [5, 5.41) is 8.86. The molecule has 0 aliphatic heterocycles. The molecule has 1 aromatic heterocycles. The van der Waals surface area contributed by atoms with Crippen LogP contribution in [0.2, 0.25) is 0 Å². The van der Waals surface area contributed by atoms with E-state index in [9.17, 15) is 4.79 Å². The molecule has 10 heavy (non-hydrogen) atoms. The predicted molar refractivity (Wildman–Crippen MR) is 35.6 cm³/mol. The lowest BCUT2D eigenvalue weighted by Crippen LogP contribution is -2.16. The lowest BCUT2D eigenvalue weighted by molar-refractivity contribution is 0.644. The highest BCUT2D eigenvalue weighted by atomic mass is 35.5. The summed E-state index contributed by atoms with van der Waals surface area (Å²) in [6, 6.07) is 0. The van der Waals surface area contributed by atoms with Gasteiger partial charge in [-0.3, -0.25) is 0 Å². The molecule has 0 amide bonds. The van der Waals surface area contributed by atoms with E-state index in [0.29, 0.717) is 6.54 Å². The molecule has 0 aliphatic rings. The van der Waals surface area contributed by atoms with Gasteiger partial charge in [0, 0.05) is 5.54 Å². The van der Waals surface area contributed by atoms with Crippen LogP contribution in [-0.2, 0) is 6.54 Å². The zero-order valence-corrected chi connectivity index (χ0v) is 5.75. The van der Waals surface area contributed by atoms with Gasteiger partial charge in [-0.25, -0.2) is 9.89 Å².